The standard InChI is InChI=1S/C14H30N2O/c1-5-14(4,12-17)11-16-8-6-15(7-9-16)10-13(2)3/h13,17H,5-12H2,1-4H3. The first-order valence-electron chi connectivity index (χ1n) is 7.04. The molecule has 1 aliphatic rings. The highest BCUT2D eigenvalue weighted by Gasteiger charge is 2.26. The van der Waals surface area contributed by atoms with E-state index in [1.165, 1.54) is 19.6 Å². The molecule has 0 spiro atoms. The molecule has 3 nitrogen and oxygen atoms in total. The number of piperazine rings is 1. The van der Waals surface area contributed by atoms with Gasteiger partial charge in [0.15, 0.2) is 0 Å². The Labute approximate surface area is 107 Å². The number of nitrogens with zero attached hydrogens (tertiary/aromatic N) is 2. The maximum Gasteiger partial charge on any atom is 0.0496 e. The molecule has 17 heavy (non-hydrogen) atoms. The molecular weight excluding hydrogens is 212 g/mol. The second-order valence-corrected chi connectivity index (χ2v) is 6.29. The molecule has 0 saturated carbocycles. The molecule has 0 aromatic rings. The van der Waals surface area contributed by atoms with E-state index in [0.29, 0.717) is 6.61 Å². The first-order chi connectivity index (χ1) is 7.99. The fourth-order valence-electron chi connectivity index (χ4n) is 2.46. The molecule has 1 aliphatic heterocycles. The van der Waals surface area contributed by atoms with E-state index in [-0.39, 0.29) is 5.41 Å². The molecule has 0 radical (unpaired) electrons. The van der Waals surface area contributed by atoms with Crippen molar-refractivity contribution in [2.24, 2.45) is 11.3 Å². The number of hydrogen-bond donors (Lipinski definition) is 1. The fraction of sp³-hybridized carbons (Fsp3) is 1.00. The highest BCUT2D eigenvalue weighted by molar-refractivity contribution is 4.80. The molecule has 1 fully saturated rings. The van der Waals surface area contributed by atoms with Crippen LogP contribution in [-0.2, 0) is 0 Å². The third kappa shape index (κ3) is 4.94. The van der Waals surface area contributed by atoms with Crippen LogP contribution in [0.4, 0.5) is 0 Å². The van der Waals surface area contributed by atoms with Crippen LogP contribution in [0.1, 0.15) is 34.1 Å². The lowest BCUT2D eigenvalue weighted by atomic mass is 9.88. The largest absolute Gasteiger partial charge is 0.396 e. The smallest absolute Gasteiger partial charge is 0.0496 e. The average Bonchev–Trinajstić information content (AvgIpc) is 2.31. The first kappa shape index (κ1) is 14.9. The number of aliphatic hydroxyl groups is 1. The van der Waals surface area contributed by atoms with Gasteiger partial charge in [-0.2, -0.15) is 0 Å². The van der Waals surface area contributed by atoms with Crippen LogP contribution in [0.3, 0.4) is 0 Å². The molecular formula is C14H30N2O. The van der Waals surface area contributed by atoms with Gasteiger partial charge in [-0.3, -0.25) is 0 Å². The van der Waals surface area contributed by atoms with Gasteiger partial charge in [-0.15, -0.1) is 0 Å². The topological polar surface area (TPSA) is 26.7 Å². The minimum Gasteiger partial charge on any atom is -0.396 e. The van der Waals surface area contributed by atoms with Crippen LogP contribution in [0.15, 0.2) is 0 Å². The Hall–Kier alpha value is -0.120. The molecule has 102 valence electrons. The number of hydrogen-bond acceptors (Lipinski definition) is 3. The van der Waals surface area contributed by atoms with Gasteiger partial charge in [-0.1, -0.05) is 27.7 Å². The van der Waals surface area contributed by atoms with Crippen LogP contribution in [0.5, 0.6) is 0 Å². The lowest BCUT2D eigenvalue weighted by Gasteiger charge is -2.39. The molecule has 1 heterocycles. The summed E-state index contributed by atoms with van der Waals surface area (Å²) in [5, 5.41) is 9.45. The summed E-state index contributed by atoms with van der Waals surface area (Å²) in [7, 11) is 0. The van der Waals surface area contributed by atoms with Crippen molar-refractivity contribution in [1.29, 1.82) is 0 Å². The Morgan fingerprint density at radius 2 is 1.65 bits per heavy atom. The van der Waals surface area contributed by atoms with Gasteiger partial charge in [0.2, 0.25) is 0 Å². The second kappa shape index (κ2) is 6.72. The minimum absolute atomic E-state index is 0.0835. The number of rotatable bonds is 6. The van der Waals surface area contributed by atoms with Crippen molar-refractivity contribution in [3.63, 3.8) is 0 Å². The maximum absolute atomic E-state index is 9.45. The lowest BCUT2D eigenvalue weighted by molar-refractivity contribution is 0.0514. The summed E-state index contributed by atoms with van der Waals surface area (Å²) in [6.45, 7) is 16.2. The van der Waals surface area contributed by atoms with Gasteiger partial charge >= 0.3 is 0 Å². The monoisotopic (exact) mass is 242 g/mol. The first-order valence-corrected chi connectivity index (χ1v) is 7.04. The van der Waals surface area contributed by atoms with Gasteiger partial charge in [-0.25, -0.2) is 0 Å². The van der Waals surface area contributed by atoms with Crippen molar-refractivity contribution >= 4 is 0 Å². The summed E-state index contributed by atoms with van der Waals surface area (Å²) >= 11 is 0. The van der Waals surface area contributed by atoms with E-state index in [1.807, 2.05) is 0 Å². The summed E-state index contributed by atoms with van der Waals surface area (Å²) in [5.41, 5.74) is 0.0835. The van der Waals surface area contributed by atoms with Crippen LogP contribution in [0, 0.1) is 11.3 Å². The van der Waals surface area contributed by atoms with Gasteiger partial charge in [0, 0.05) is 51.3 Å². The SMILES string of the molecule is CCC(C)(CO)CN1CCN(CC(C)C)CC1. The Balaban J connectivity index is 2.32. The molecule has 1 rings (SSSR count). The third-order valence-electron chi connectivity index (χ3n) is 3.93. The molecule has 0 aliphatic carbocycles. The van der Waals surface area contributed by atoms with E-state index in [9.17, 15) is 5.11 Å². The molecule has 1 atom stereocenters. The maximum atomic E-state index is 9.45. The van der Waals surface area contributed by atoms with Crippen molar-refractivity contribution in [3.8, 4) is 0 Å². The molecule has 1 unspecified atom stereocenters. The molecule has 0 amide bonds. The van der Waals surface area contributed by atoms with Gasteiger partial charge in [0.25, 0.3) is 0 Å². The van der Waals surface area contributed by atoms with E-state index in [1.54, 1.807) is 0 Å². The highest BCUT2D eigenvalue weighted by Crippen LogP contribution is 2.22. The molecule has 1 saturated heterocycles. The molecule has 0 bridgehead atoms. The van der Waals surface area contributed by atoms with Crippen LogP contribution >= 0.6 is 0 Å². The Morgan fingerprint density at radius 3 is 2.06 bits per heavy atom. The fourth-order valence-corrected chi connectivity index (χ4v) is 2.46. The summed E-state index contributed by atoms with van der Waals surface area (Å²) in [6, 6.07) is 0. The molecule has 1 N–H and O–H groups in total. The molecule has 0 aromatic heterocycles. The molecule has 3 heteroatoms. The second-order valence-electron chi connectivity index (χ2n) is 6.29. The van der Waals surface area contributed by atoms with E-state index < -0.39 is 0 Å². The van der Waals surface area contributed by atoms with E-state index in [0.717, 1.165) is 32.0 Å². The summed E-state index contributed by atoms with van der Waals surface area (Å²) in [5.74, 6) is 0.764. The predicted molar refractivity (Wildman–Crippen MR) is 73.2 cm³/mol. The van der Waals surface area contributed by atoms with Crippen molar-refractivity contribution in [2.75, 3.05) is 45.9 Å². The Kier molecular flexibility index (Phi) is 5.90. The third-order valence-corrected chi connectivity index (χ3v) is 3.93. The average molecular weight is 242 g/mol. The van der Waals surface area contributed by atoms with Crippen molar-refractivity contribution in [3.05, 3.63) is 0 Å². The van der Waals surface area contributed by atoms with Gasteiger partial charge in [0.05, 0.1) is 0 Å². The normalized spacial score (nSPS) is 22.9. The van der Waals surface area contributed by atoms with E-state index in [2.05, 4.69) is 37.5 Å². The Bertz CT molecular complexity index is 206. The quantitative estimate of drug-likeness (QED) is 0.767. The predicted octanol–water partition coefficient (Wildman–Crippen LogP) is 1.67. The summed E-state index contributed by atoms with van der Waals surface area (Å²) < 4.78 is 0. The van der Waals surface area contributed by atoms with Gasteiger partial charge in [-0.05, 0) is 12.3 Å². The molecule has 0 aromatic carbocycles. The van der Waals surface area contributed by atoms with Crippen LogP contribution in [0.2, 0.25) is 0 Å². The van der Waals surface area contributed by atoms with Crippen molar-refractivity contribution in [1.82, 2.24) is 9.80 Å². The van der Waals surface area contributed by atoms with E-state index >= 15 is 0 Å². The van der Waals surface area contributed by atoms with Crippen LogP contribution in [0.25, 0.3) is 0 Å². The van der Waals surface area contributed by atoms with Crippen LogP contribution in [-0.4, -0.2) is 60.8 Å². The zero-order chi connectivity index (χ0) is 12.9. The Morgan fingerprint density at radius 1 is 1.12 bits per heavy atom. The van der Waals surface area contributed by atoms with Gasteiger partial charge in [0.1, 0.15) is 0 Å². The summed E-state index contributed by atoms with van der Waals surface area (Å²) in [4.78, 5) is 5.07. The number of aliphatic hydroxyl groups excluding tert-OH is 1. The van der Waals surface area contributed by atoms with Crippen molar-refractivity contribution < 1.29 is 5.11 Å². The highest BCUT2D eigenvalue weighted by atomic mass is 16.3. The minimum atomic E-state index is 0.0835. The van der Waals surface area contributed by atoms with Crippen molar-refractivity contribution in [2.45, 2.75) is 34.1 Å². The van der Waals surface area contributed by atoms with Gasteiger partial charge < -0.3 is 14.9 Å². The zero-order valence-electron chi connectivity index (χ0n) is 12.1. The zero-order valence-corrected chi connectivity index (χ0v) is 12.1. The summed E-state index contributed by atoms with van der Waals surface area (Å²) in [6.07, 6.45) is 1.05. The lowest BCUT2D eigenvalue weighted by Crippen LogP contribution is -2.50. The van der Waals surface area contributed by atoms with E-state index in [4.69, 9.17) is 0 Å². The van der Waals surface area contributed by atoms with Crippen LogP contribution < -0.4 is 0 Å².